The average Bonchev–Trinajstić information content (AvgIpc) is 2.98. The molecule has 0 aliphatic rings. The van der Waals surface area contributed by atoms with Crippen LogP contribution in [0.5, 0.6) is 23.0 Å². The molecule has 0 N–H and O–H groups in total. The van der Waals surface area contributed by atoms with Crippen LogP contribution in [0.3, 0.4) is 0 Å². The highest BCUT2D eigenvalue weighted by Gasteiger charge is 2.22. The van der Waals surface area contributed by atoms with Gasteiger partial charge >= 0.3 is 0 Å². The minimum atomic E-state index is 0.676. The van der Waals surface area contributed by atoms with Crippen molar-refractivity contribution < 1.29 is 18.9 Å². The van der Waals surface area contributed by atoms with Crippen LogP contribution in [0, 0.1) is 0 Å². The SMILES string of the molecule is COc1cc2c(-c3ccc(N(C)C)cc3)c3cc(OC)c(OC)cc3c(-c3ccc(N(C)C)cc3)c2cc1OC. The van der Waals surface area contributed by atoms with E-state index < -0.39 is 0 Å². The molecule has 0 aromatic heterocycles. The van der Waals surface area contributed by atoms with Crippen LogP contribution < -0.4 is 28.7 Å². The lowest BCUT2D eigenvalue weighted by Crippen LogP contribution is -2.08. The van der Waals surface area contributed by atoms with Crippen LogP contribution in [0.1, 0.15) is 0 Å². The number of ether oxygens (including phenoxy) is 4. The quantitative estimate of drug-likeness (QED) is 0.191. The van der Waals surface area contributed by atoms with Gasteiger partial charge < -0.3 is 28.7 Å². The summed E-state index contributed by atoms with van der Waals surface area (Å²) in [5.74, 6) is 2.70. The lowest BCUT2D eigenvalue weighted by molar-refractivity contribution is 0.355. The van der Waals surface area contributed by atoms with Gasteiger partial charge in [-0.15, -0.1) is 0 Å². The Morgan fingerprint density at radius 2 is 0.650 bits per heavy atom. The lowest BCUT2D eigenvalue weighted by Gasteiger charge is -2.22. The fourth-order valence-electron chi connectivity index (χ4n) is 5.35. The van der Waals surface area contributed by atoms with Crippen molar-refractivity contribution in [1.82, 2.24) is 0 Å². The Balaban J connectivity index is 1.99. The van der Waals surface area contributed by atoms with E-state index in [1.165, 1.54) is 0 Å². The highest BCUT2D eigenvalue weighted by molar-refractivity contribution is 6.22. The van der Waals surface area contributed by atoms with Crippen molar-refractivity contribution in [3.63, 3.8) is 0 Å². The summed E-state index contributed by atoms with van der Waals surface area (Å²) in [5.41, 5.74) is 6.63. The monoisotopic (exact) mass is 536 g/mol. The molecule has 0 saturated carbocycles. The van der Waals surface area contributed by atoms with Crippen molar-refractivity contribution in [2.45, 2.75) is 0 Å². The van der Waals surface area contributed by atoms with E-state index in [4.69, 9.17) is 18.9 Å². The Kier molecular flexibility index (Phi) is 7.35. The maximum absolute atomic E-state index is 5.79. The second-order valence-corrected chi connectivity index (χ2v) is 10.1. The van der Waals surface area contributed by atoms with Gasteiger partial charge in [0.1, 0.15) is 0 Å². The van der Waals surface area contributed by atoms with Crippen molar-refractivity contribution in [2.75, 3.05) is 66.4 Å². The predicted molar refractivity (Wildman–Crippen MR) is 167 cm³/mol. The molecule has 0 unspecified atom stereocenters. The molecule has 0 bridgehead atoms. The molecule has 5 aromatic rings. The van der Waals surface area contributed by atoms with E-state index in [0.717, 1.165) is 55.2 Å². The van der Waals surface area contributed by atoms with Crippen LogP contribution in [0.2, 0.25) is 0 Å². The summed E-state index contributed by atoms with van der Waals surface area (Å²) in [6, 6.07) is 25.6. The molecule has 40 heavy (non-hydrogen) atoms. The number of anilines is 2. The molecule has 0 heterocycles. The molecule has 5 aromatic carbocycles. The zero-order valence-electron chi connectivity index (χ0n) is 24.5. The minimum absolute atomic E-state index is 0.676. The molecule has 0 aliphatic carbocycles. The van der Waals surface area contributed by atoms with Gasteiger partial charge in [0.15, 0.2) is 23.0 Å². The average molecular weight is 537 g/mol. The number of benzene rings is 5. The van der Waals surface area contributed by atoms with Gasteiger partial charge in [-0.05, 0) is 92.3 Å². The molecule has 0 radical (unpaired) electrons. The Bertz CT molecular complexity index is 1480. The molecule has 6 nitrogen and oxygen atoms in total. The van der Waals surface area contributed by atoms with E-state index in [-0.39, 0.29) is 0 Å². The largest absolute Gasteiger partial charge is 0.493 e. The lowest BCUT2D eigenvalue weighted by atomic mass is 9.85. The number of methoxy groups -OCH3 is 4. The standard InChI is InChI=1S/C34H36N2O4/c1-35(2)23-13-9-21(10-14-23)33-25-17-29(37-5)31(39-7)19-27(25)34(22-11-15-24(16-12-22)36(3)4)28-20-32(40-8)30(38-6)18-26(28)33/h9-20H,1-8H3. The summed E-state index contributed by atoms with van der Waals surface area (Å²) in [4.78, 5) is 4.20. The number of hydrogen-bond acceptors (Lipinski definition) is 6. The van der Waals surface area contributed by atoms with Gasteiger partial charge in [0.2, 0.25) is 0 Å². The number of rotatable bonds is 8. The Hall–Kier alpha value is -4.58. The van der Waals surface area contributed by atoms with E-state index in [2.05, 4.69) is 82.6 Å². The van der Waals surface area contributed by atoms with Crippen LogP contribution >= 0.6 is 0 Å². The maximum Gasteiger partial charge on any atom is 0.161 e. The summed E-state index contributed by atoms with van der Waals surface area (Å²) in [7, 11) is 14.9. The first-order valence-electron chi connectivity index (χ1n) is 13.1. The second-order valence-electron chi connectivity index (χ2n) is 10.1. The summed E-state index contributed by atoms with van der Waals surface area (Å²) in [6.07, 6.45) is 0. The van der Waals surface area contributed by atoms with Crippen LogP contribution in [0.25, 0.3) is 43.8 Å². The molecule has 206 valence electrons. The van der Waals surface area contributed by atoms with Gasteiger partial charge in [0.05, 0.1) is 28.4 Å². The molecule has 6 heteroatoms. The Labute approximate surface area is 236 Å². The minimum Gasteiger partial charge on any atom is -0.493 e. The normalized spacial score (nSPS) is 11.0. The van der Waals surface area contributed by atoms with Crippen LogP contribution in [0.15, 0.2) is 72.8 Å². The van der Waals surface area contributed by atoms with Gasteiger partial charge in [-0.2, -0.15) is 0 Å². The smallest absolute Gasteiger partial charge is 0.161 e. The maximum atomic E-state index is 5.79. The molecular weight excluding hydrogens is 500 g/mol. The molecule has 0 amide bonds. The molecule has 0 spiro atoms. The molecule has 0 aliphatic heterocycles. The van der Waals surface area contributed by atoms with E-state index in [0.29, 0.717) is 23.0 Å². The molecule has 5 rings (SSSR count). The van der Waals surface area contributed by atoms with Crippen LogP contribution in [0.4, 0.5) is 11.4 Å². The molecule has 0 fully saturated rings. The van der Waals surface area contributed by atoms with Gasteiger partial charge in [0.25, 0.3) is 0 Å². The van der Waals surface area contributed by atoms with E-state index in [1.54, 1.807) is 28.4 Å². The predicted octanol–water partition coefficient (Wildman–Crippen LogP) is 7.49. The van der Waals surface area contributed by atoms with Crippen LogP contribution in [-0.2, 0) is 0 Å². The third-order valence-corrected chi connectivity index (χ3v) is 7.47. The summed E-state index contributed by atoms with van der Waals surface area (Å²) in [5, 5.41) is 4.23. The molecule has 0 atom stereocenters. The zero-order valence-corrected chi connectivity index (χ0v) is 24.5. The Morgan fingerprint density at radius 3 is 0.850 bits per heavy atom. The second kappa shape index (κ2) is 10.9. The summed E-state index contributed by atoms with van der Waals surface area (Å²) >= 11 is 0. The van der Waals surface area contributed by atoms with Crippen LogP contribution in [-0.4, -0.2) is 56.6 Å². The molecular formula is C34H36N2O4. The summed E-state index contributed by atoms with van der Waals surface area (Å²) < 4.78 is 23.1. The highest BCUT2D eigenvalue weighted by atomic mass is 16.5. The van der Waals surface area contributed by atoms with Gasteiger partial charge in [-0.1, -0.05) is 24.3 Å². The third kappa shape index (κ3) is 4.60. The van der Waals surface area contributed by atoms with Gasteiger partial charge in [0, 0.05) is 39.6 Å². The first-order valence-corrected chi connectivity index (χ1v) is 13.1. The topological polar surface area (TPSA) is 43.4 Å². The van der Waals surface area contributed by atoms with Crippen molar-refractivity contribution in [3.8, 4) is 45.3 Å². The van der Waals surface area contributed by atoms with Gasteiger partial charge in [-0.3, -0.25) is 0 Å². The van der Waals surface area contributed by atoms with Gasteiger partial charge in [-0.25, -0.2) is 0 Å². The zero-order chi connectivity index (χ0) is 28.6. The van der Waals surface area contributed by atoms with Crippen molar-refractivity contribution in [2.24, 2.45) is 0 Å². The number of nitrogens with zero attached hydrogens (tertiary/aromatic N) is 2. The first kappa shape index (κ1) is 27.0. The fourth-order valence-corrected chi connectivity index (χ4v) is 5.35. The fraction of sp³-hybridized carbons (Fsp3) is 0.235. The summed E-state index contributed by atoms with van der Waals surface area (Å²) in [6.45, 7) is 0. The van der Waals surface area contributed by atoms with E-state index in [1.807, 2.05) is 28.2 Å². The number of hydrogen-bond donors (Lipinski definition) is 0. The Morgan fingerprint density at radius 1 is 0.400 bits per heavy atom. The van der Waals surface area contributed by atoms with Crippen molar-refractivity contribution >= 4 is 32.9 Å². The molecule has 0 saturated heterocycles. The number of fused-ring (bicyclic) bond motifs is 2. The van der Waals surface area contributed by atoms with Crippen molar-refractivity contribution in [3.05, 3.63) is 72.8 Å². The van der Waals surface area contributed by atoms with Crippen molar-refractivity contribution in [1.29, 1.82) is 0 Å². The first-order chi connectivity index (χ1) is 19.3. The van der Waals surface area contributed by atoms with E-state index in [9.17, 15) is 0 Å². The van der Waals surface area contributed by atoms with E-state index >= 15 is 0 Å². The highest BCUT2D eigenvalue weighted by Crippen LogP contribution is 2.49. The third-order valence-electron chi connectivity index (χ3n) is 7.47.